The van der Waals surface area contributed by atoms with Crippen LogP contribution in [0.15, 0.2) is 30.6 Å². The number of nitrogen functional groups attached to an aromatic ring is 1. The molecule has 204 valence electrons. The highest BCUT2D eigenvalue weighted by atomic mass is 19.4. The predicted molar refractivity (Wildman–Crippen MR) is 127 cm³/mol. The Morgan fingerprint density at radius 1 is 1.18 bits per heavy atom. The number of nitrogens with zero attached hydrogens (tertiary/aromatic N) is 4. The number of nitrogens with one attached hydrogen (secondary N) is 1. The highest BCUT2D eigenvalue weighted by Crippen LogP contribution is 2.39. The van der Waals surface area contributed by atoms with Gasteiger partial charge >= 0.3 is 6.18 Å². The number of nitrogens with two attached hydrogens (primary N) is 1. The number of anilines is 1. The van der Waals surface area contributed by atoms with Gasteiger partial charge in [-0.1, -0.05) is 0 Å². The topological polar surface area (TPSA) is 115 Å². The third-order valence-electron chi connectivity index (χ3n) is 6.07. The monoisotopic (exact) mass is 540 g/mol. The van der Waals surface area contributed by atoms with Gasteiger partial charge < -0.3 is 20.7 Å². The summed E-state index contributed by atoms with van der Waals surface area (Å²) in [5.41, 5.74) is 2.05. The van der Waals surface area contributed by atoms with Gasteiger partial charge in [-0.2, -0.15) is 18.3 Å². The van der Waals surface area contributed by atoms with Gasteiger partial charge in [0.1, 0.15) is 23.8 Å². The minimum atomic E-state index is -4.76. The summed E-state index contributed by atoms with van der Waals surface area (Å²) in [5.74, 6) is -1.97. The normalized spacial score (nSPS) is 18.2. The summed E-state index contributed by atoms with van der Waals surface area (Å²) >= 11 is 0. The lowest BCUT2D eigenvalue weighted by Crippen LogP contribution is -2.44. The molecule has 14 heteroatoms. The van der Waals surface area contributed by atoms with Crippen molar-refractivity contribution in [3.8, 4) is 17.0 Å². The lowest BCUT2D eigenvalue weighted by molar-refractivity contribution is -0.141. The number of hydrogen-bond donors (Lipinski definition) is 2. The molecule has 3 aromatic rings. The van der Waals surface area contributed by atoms with E-state index in [2.05, 4.69) is 15.4 Å². The zero-order valence-electron chi connectivity index (χ0n) is 20.6. The van der Waals surface area contributed by atoms with Crippen LogP contribution in [0.4, 0.5) is 27.8 Å². The van der Waals surface area contributed by atoms with E-state index >= 15 is 0 Å². The van der Waals surface area contributed by atoms with Gasteiger partial charge in [0, 0.05) is 12.1 Å². The minimum Gasteiger partial charge on any atom is -0.493 e. The summed E-state index contributed by atoms with van der Waals surface area (Å²) in [4.78, 5) is 30.1. The Kier molecular flexibility index (Phi) is 6.93. The summed E-state index contributed by atoms with van der Waals surface area (Å²) in [5, 5.41) is 6.39. The van der Waals surface area contributed by atoms with Crippen LogP contribution in [0, 0.1) is 0 Å². The van der Waals surface area contributed by atoms with Crippen molar-refractivity contribution in [3.63, 3.8) is 0 Å². The van der Waals surface area contributed by atoms with Crippen molar-refractivity contribution in [3.05, 3.63) is 41.7 Å². The van der Waals surface area contributed by atoms with Crippen LogP contribution in [0.25, 0.3) is 16.8 Å². The number of fused-ring (bicyclic) bond motifs is 1. The van der Waals surface area contributed by atoms with Crippen LogP contribution in [0.5, 0.6) is 5.75 Å². The summed E-state index contributed by atoms with van der Waals surface area (Å²) in [6.45, 7) is 3.30. The largest absolute Gasteiger partial charge is 0.493 e. The third kappa shape index (κ3) is 5.07. The second kappa shape index (κ2) is 9.72. The van der Waals surface area contributed by atoms with Crippen molar-refractivity contribution >= 4 is 23.1 Å². The predicted octanol–water partition coefficient (Wildman–Crippen LogP) is 3.42. The van der Waals surface area contributed by atoms with E-state index in [1.54, 1.807) is 6.92 Å². The SMILES string of the molecule is CCOc1ccc(-c2cc(C(F)(F)F)c3c(N)ncnn23)cc1C(=O)N[C@@H]1CN(C(=O)C(C)(C)F)C[C@@H]1F. The molecule has 2 atom stereocenters. The summed E-state index contributed by atoms with van der Waals surface area (Å²) in [7, 11) is 0. The van der Waals surface area contributed by atoms with Gasteiger partial charge in [0.15, 0.2) is 11.5 Å². The first kappa shape index (κ1) is 27.1. The molecule has 0 radical (unpaired) electrons. The molecule has 1 aliphatic heterocycles. The number of halogens is 5. The van der Waals surface area contributed by atoms with Crippen molar-refractivity contribution in [2.45, 2.75) is 44.8 Å². The van der Waals surface area contributed by atoms with Gasteiger partial charge in [-0.05, 0) is 45.0 Å². The second-order valence-electron chi connectivity index (χ2n) is 9.27. The molecule has 1 fully saturated rings. The van der Waals surface area contributed by atoms with Crippen LogP contribution >= 0.6 is 0 Å². The van der Waals surface area contributed by atoms with E-state index in [9.17, 15) is 31.5 Å². The maximum atomic E-state index is 14.7. The Labute approximate surface area is 213 Å². The molecule has 3 heterocycles. The highest BCUT2D eigenvalue weighted by Gasteiger charge is 2.42. The number of carbonyl (C=O) groups is 2. The Morgan fingerprint density at radius 3 is 2.53 bits per heavy atom. The quantitative estimate of drug-likeness (QED) is 0.463. The van der Waals surface area contributed by atoms with Crippen LogP contribution in [0.1, 0.15) is 36.7 Å². The lowest BCUT2D eigenvalue weighted by atomic mass is 10.1. The summed E-state index contributed by atoms with van der Waals surface area (Å²) in [6.07, 6.45) is -5.42. The van der Waals surface area contributed by atoms with Gasteiger partial charge in [0.05, 0.1) is 36.0 Å². The fourth-order valence-electron chi connectivity index (χ4n) is 4.33. The number of alkyl halides is 5. The third-order valence-corrected chi connectivity index (χ3v) is 6.07. The fourth-order valence-corrected chi connectivity index (χ4v) is 4.33. The van der Waals surface area contributed by atoms with Crippen LogP contribution in [0.2, 0.25) is 0 Å². The van der Waals surface area contributed by atoms with E-state index in [1.165, 1.54) is 18.2 Å². The van der Waals surface area contributed by atoms with Crippen LogP contribution in [-0.2, 0) is 11.0 Å². The molecule has 0 aliphatic carbocycles. The number of benzene rings is 1. The molecule has 0 unspecified atom stereocenters. The van der Waals surface area contributed by atoms with Crippen molar-refractivity contribution in [1.29, 1.82) is 0 Å². The average Bonchev–Trinajstić information content (AvgIpc) is 3.40. The molecule has 1 aliphatic rings. The Hall–Kier alpha value is -3.97. The van der Waals surface area contributed by atoms with Gasteiger partial charge in [0.25, 0.3) is 11.8 Å². The zero-order valence-corrected chi connectivity index (χ0v) is 20.6. The Morgan fingerprint density at radius 2 is 1.89 bits per heavy atom. The molecule has 0 bridgehead atoms. The standard InChI is InChI=1S/C24H25F5N6O3/c1-4-38-18-6-5-12(17-8-14(24(27,28)29)19-20(30)31-11-32-35(17)19)7-13(18)21(36)33-16-10-34(9-15(16)25)22(37)23(2,3)26/h5-8,11,15-16H,4,9-10H2,1-3H3,(H,33,36)(H2,30,31,32)/t15-,16+/m0/s1. The highest BCUT2D eigenvalue weighted by molar-refractivity contribution is 5.98. The minimum absolute atomic E-state index is 0.0234. The van der Waals surface area contributed by atoms with Crippen LogP contribution < -0.4 is 15.8 Å². The van der Waals surface area contributed by atoms with E-state index in [0.717, 1.165) is 35.7 Å². The molecule has 3 N–H and O–H groups in total. The number of aromatic nitrogens is 3. The molecule has 38 heavy (non-hydrogen) atoms. The molecular weight excluding hydrogens is 515 g/mol. The van der Waals surface area contributed by atoms with Crippen molar-refractivity contribution < 1.29 is 36.3 Å². The van der Waals surface area contributed by atoms with Crippen molar-refractivity contribution in [2.75, 3.05) is 25.4 Å². The van der Waals surface area contributed by atoms with Crippen LogP contribution in [-0.4, -0.2) is 68.9 Å². The van der Waals surface area contributed by atoms with E-state index in [4.69, 9.17) is 10.5 Å². The zero-order chi connectivity index (χ0) is 28.0. The lowest BCUT2D eigenvalue weighted by Gasteiger charge is -2.22. The van der Waals surface area contributed by atoms with Crippen LogP contribution in [0.3, 0.4) is 0 Å². The number of carbonyl (C=O) groups excluding carboxylic acids is 2. The molecule has 0 saturated carbocycles. The maximum absolute atomic E-state index is 14.7. The van der Waals surface area contributed by atoms with E-state index in [1.807, 2.05) is 0 Å². The number of rotatable bonds is 6. The molecule has 4 rings (SSSR count). The summed E-state index contributed by atoms with van der Waals surface area (Å²) in [6, 6.07) is 3.84. The molecule has 9 nitrogen and oxygen atoms in total. The molecule has 0 spiro atoms. The number of ether oxygens (including phenoxy) is 1. The molecule has 1 saturated heterocycles. The Bertz CT molecular complexity index is 1380. The first-order chi connectivity index (χ1) is 17.7. The number of likely N-dealkylation sites (tertiary alicyclic amines) is 1. The first-order valence-electron chi connectivity index (χ1n) is 11.6. The van der Waals surface area contributed by atoms with Crippen molar-refractivity contribution in [2.24, 2.45) is 0 Å². The first-order valence-corrected chi connectivity index (χ1v) is 11.6. The van der Waals surface area contributed by atoms with Gasteiger partial charge in [-0.25, -0.2) is 18.3 Å². The molecule has 2 amide bonds. The van der Waals surface area contributed by atoms with Crippen molar-refractivity contribution in [1.82, 2.24) is 24.8 Å². The number of hydrogen-bond acceptors (Lipinski definition) is 6. The molecule has 2 aromatic heterocycles. The van der Waals surface area contributed by atoms with Gasteiger partial charge in [-0.15, -0.1) is 0 Å². The van der Waals surface area contributed by atoms with Gasteiger partial charge in [-0.3, -0.25) is 9.59 Å². The smallest absolute Gasteiger partial charge is 0.418 e. The average molecular weight is 540 g/mol. The molecular formula is C24H25F5N6O3. The maximum Gasteiger partial charge on any atom is 0.418 e. The van der Waals surface area contributed by atoms with E-state index in [0.29, 0.717) is 0 Å². The second-order valence-corrected chi connectivity index (χ2v) is 9.27. The Balaban J connectivity index is 1.70. The van der Waals surface area contributed by atoms with Gasteiger partial charge in [0.2, 0.25) is 0 Å². The van der Waals surface area contributed by atoms with E-state index < -0.39 is 53.5 Å². The molecule has 1 aromatic carbocycles. The fraction of sp³-hybridized carbons (Fsp3) is 0.417. The van der Waals surface area contributed by atoms with E-state index in [-0.39, 0.29) is 41.5 Å². The summed E-state index contributed by atoms with van der Waals surface area (Å²) < 4.78 is 76.4. The number of amides is 2.